The van der Waals surface area contributed by atoms with Crippen molar-refractivity contribution in [1.29, 1.82) is 0 Å². The Morgan fingerprint density at radius 1 is 0.837 bits per heavy atom. The third-order valence-corrected chi connectivity index (χ3v) is 6.49. The van der Waals surface area contributed by atoms with Crippen molar-refractivity contribution in [2.75, 3.05) is 13.2 Å². The number of aliphatic hydroxyl groups excluding tert-OH is 1. The summed E-state index contributed by atoms with van der Waals surface area (Å²) in [5, 5.41) is 15.3. The molecule has 3 amide bonds. The van der Waals surface area contributed by atoms with Gasteiger partial charge in [-0.2, -0.15) is 0 Å². The number of carbonyl (C=O) groups is 4. The Hall–Kier alpha value is -3.92. The molecule has 0 bridgehead atoms. The van der Waals surface area contributed by atoms with E-state index in [9.17, 15) is 24.3 Å². The van der Waals surface area contributed by atoms with Gasteiger partial charge in [0, 0.05) is 13.0 Å². The highest BCUT2D eigenvalue weighted by molar-refractivity contribution is 5.94. The summed E-state index contributed by atoms with van der Waals surface area (Å²) in [5.74, 6) is -1.91. The van der Waals surface area contributed by atoms with E-state index >= 15 is 0 Å². The van der Waals surface area contributed by atoms with Gasteiger partial charge in [0.25, 0.3) is 0 Å². The van der Waals surface area contributed by atoms with E-state index in [-0.39, 0.29) is 13.0 Å². The van der Waals surface area contributed by atoms with Crippen LogP contribution in [0.1, 0.15) is 76.8 Å². The lowest BCUT2D eigenvalue weighted by Crippen LogP contribution is -2.55. The maximum atomic E-state index is 14.1. The third-order valence-electron chi connectivity index (χ3n) is 6.49. The third kappa shape index (κ3) is 11.0. The number of carbonyl (C=O) groups excluding carboxylic acids is 4. The fraction of sp³-hybridized carbons (Fsp3) is 0.515. The molecule has 10 nitrogen and oxygen atoms in total. The average molecular weight is 598 g/mol. The minimum atomic E-state index is -1.37. The summed E-state index contributed by atoms with van der Waals surface area (Å²) in [6.07, 6.45) is -0.711. The van der Waals surface area contributed by atoms with Crippen LogP contribution in [0.4, 0.5) is 4.79 Å². The van der Waals surface area contributed by atoms with Gasteiger partial charge in [0.1, 0.15) is 29.3 Å². The zero-order valence-corrected chi connectivity index (χ0v) is 26.8. The summed E-state index contributed by atoms with van der Waals surface area (Å²) < 4.78 is 10.9. The number of hydrogen-bond acceptors (Lipinski definition) is 7. The standard InChI is InChI=1S/C33H47N3O7/c1-10-36(29(39)26(20-37)35-31(41)43-33(7,8)9)27(24-17-16-21(2)22(3)18-24)28(38)34-25(30(40)42-32(4,5)6)19-23-14-12-11-13-15-23/h11-18,25-27,37H,10,19-20H2,1-9H3,(H,34,38)(H,35,41). The maximum absolute atomic E-state index is 14.1. The van der Waals surface area contributed by atoms with Crippen LogP contribution in [0.15, 0.2) is 48.5 Å². The normalized spacial score (nSPS) is 13.7. The number of rotatable bonds is 11. The van der Waals surface area contributed by atoms with Gasteiger partial charge in [0.15, 0.2) is 0 Å². The fourth-order valence-corrected chi connectivity index (χ4v) is 4.38. The van der Waals surface area contributed by atoms with Crippen molar-refractivity contribution in [2.24, 2.45) is 0 Å². The number of nitrogens with zero attached hydrogens (tertiary/aromatic N) is 1. The molecule has 0 aliphatic heterocycles. The number of aryl methyl sites for hydroxylation is 2. The molecule has 0 radical (unpaired) electrons. The van der Waals surface area contributed by atoms with Crippen molar-refractivity contribution in [3.63, 3.8) is 0 Å². The number of amides is 3. The predicted molar refractivity (Wildman–Crippen MR) is 164 cm³/mol. The Bertz CT molecular complexity index is 1270. The molecular weight excluding hydrogens is 550 g/mol. The van der Waals surface area contributed by atoms with Gasteiger partial charge >= 0.3 is 12.1 Å². The second-order valence-electron chi connectivity index (χ2n) is 12.5. The largest absolute Gasteiger partial charge is 0.458 e. The second kappa shape index (κ2) is 15.0. The molecule has 0 fully saturated rings. The molecule has 0 saturated carbocycles. The van der Waals surface area contributed by atoms with E-state index in [0.29, 0.717) is 5.56 Å². The van der Waals surface area contributed by atoms with Crippen LogP contribution in [0.2, 0.25) is 0 Å². The molecule has 3 atom stereocenters. The highest BCUT2D eigenvalue weighted by Crippen LogP contribution is 2.25. The monoisotopic (exact) mass is 597 g/mol. The molecule has 236 valence electrons. The van der Waals surface area contributed by atoms with Gasteiger partial charge in [-0.15, -0.1) is 0 Å². The van der Waals surface area contributed by atoms with Crippen molar-refractivity contribution < 1.29 is 33.8 Å². The molecule has 0 aliphatic rings. The molecule has 0 spiro atoms. The van der Waals surface area contributed by atoms with Crippen molar-refractivity contribution in [2.45, 2.75) is 98.1 Å². The fourth-order valence-electron chi connectivity index (χ4n) is 4.38. The van der Waals surface area contributed by atoms with Crippen LogP contribution in [0.5, 0.6) is 0 Å². The lowest BCUT2D eigenvalue weighted by Gasteiger charge is -2.34. The number of esters is 1. The van der Waals surface area contributed by atoms with Crippen LogP contribution < -0.4 is 10.6 Å². The van der Waals surface area contributed by atoms with E-state index in [4.69, 9.17) is 9.47 Å². The minimum Gasteiger partial charge on any atom is -0.458 e. The minimum absolute atomic E-state index is 0.0616. The molecular formula is C33H47N3O7. The Labute approximate surface area is 255 Å². The van der Waals surface area contributed by atoms with Crippen LogP contribution in [-0.4, -0.2) is 70.3 Å². The number of alkyl carbamates (subject to hydrolysis) is 1. The Kier molecular flexibility index (Phi) is 12.3. The van der Waals surface area contributed by atoms with Gasteiger partial charge in [-0.1, -0.05) is 48.5 Å². The zero-order chi connectivity index (χ0) is 32.5. The first-order valence-corrected chi connectivity index (χ1v) is 14.5. The van der Waals surface area contributed by atoms with E-state index in [1.807, 2.05) is 56.3 Å². The van der Waals surface area contributed by atoms with E-state index in [2.05, 4.69) is 10.6 Å². The molecule has 2 aromatic rings. The molecule has 2 rings (SSSR count). The smallest absolute Gasteiger partial charge is 0.408 e. The number of likely N-dealkylation sites (N-methyl/N-ethyl adjacent to an activating group) is 1. The number of benzene rings is 2. The first-order valence-electron chi connectivity index (χ1n) is 14.5. The van der Waals surface area contributed by atoms with E-state index in [0.717, 1.165) is 16.7 Å². The first-order chi connectivity index (χ1) is 20.0. The molecule has 0 aromatic heterocycles. The zero-order valence-electron chi connectivity index (χ0n) is 26.8. The molecule has 3 N–H and O–H groups in total. The SMILES string of the molecule is CCN(C(=O)C(CO)NC(=O)OC(C)(C)C)C(C(=O)NC(Cc1ccccc1)C(=O)OC(C)(C)C)c1ccc(C)c(C)c1. The van der Waals surface area contributed by atoms with Crippen LogP contribution in [0.3, 0.4) is 0 Å². The number of ether oxygens (including phenoxy) is 2. The van der Waals surface area contributed by atoms with Crippen LogP contribution in [0.25, 0.3) is 0 Å². The predicted octanol–water partition coefficient (Wildman–Crippen LogP) is 4.15. The van der Waals surface area contributed by atoms with Gasteiger partial charge in [0.2, 0.25) is 11.8 Å². The van der Waals surface area contributed by atoms with Crippen molar-refractivity contribution in [3.05, 3.63) is 70.8 Å². The summed E-state index contributed by atoms with van der Waals surface area (Å²) in [6, 6.07) is 11.0. The quantitative estimate of drug-likeness (QED) is 0.331. The highest BCUT2D eigenvalue weighted by atomic mass is 16.6. The van der Waals surface area contributed by atoms with Gasteiger partial charge in [-0.25, -0.2) is 9.59 Å². The Balaban J connectivity index is 2.51. The van der Waals surface area contributed by atoms with Gasteiger partial charge in [-0.3, -0.25) is 9.59 Å². The molecule has 43 heavy (non-hydrogen) atoms. The molecule has 0 heterocycles. The van der Waals surface area contributed by atoms with Crippen molar-refractivity contribution in [1.82, 2.24) is 15.5 Å². The summed E-state index contributed by atoms with van der Waals surface area (Å²) >= 11 is 0. The van der Waals surface area contributed by atoms with Gasteiger partial charge in [0.05, 0.1) is 6.61 Å². The Morgan fingerprint density at radius 2 is 1.44 bits per heavy atom. The van der Waals surface area contributed by atoms with E-state index < -0.39 is 59.8 Å². The van der Waals surface area contributed by atoms with E-state index in [1.54, 1.807) is 54.5 Å². The first kappa shape index (κ1) is 35.3. The van der Waals surface area contributed by atoms with Crippen LogP contribution in [0, 0.1) is 13.8 Å². The van der Waals surface area contributed by atoms with E-state index in [1.165, 1.54) is 4.90 Å². The lowest BCUT2D eigenvalue weighted by molar-refractivity contribution is -0.159. The van der Waals surface area contributed by atoms with Gasteiger partial charge in [-0.05, 0) is 84.6 Å². The summed E-state index contributed by atoms with van der Waals surface area (Å²) in [4.78, 5) is 55.0. The number of hydrogen-bond donors (Lipinski definition) is 3. The topological polar surface area (TPSA) is 134 Å². The van der Waals surface area contributed by atoms with Crippen LogP contribution >= 0.6 is 0 Å². The van der Waals surface area contributed by atoms with Crippen molar-refractivity contribution >= 4 is 23.9 Å². The second-order valence-corrected chi connectivity index (χ2v) is 12.5. The molecule has 2 aromatic carbocycles. The van der Waals surface area contributed by atoms with Gasteiger partial charge < -0.3 is 30.1 Å². The number of nitrogens with one attached hydrogen (secondary N) is 2. The maximum Gasteiger partial charge on any atom is 0.408 e. The molecule has 10 heteroatoms. The average Bonchev–Trinajstić information content (AvgIpc) is 2.89. The molecule has 3 unspecified atom stereocenters. The highest BCUT2D eigenvalue weighted by Gasteiger charge is 2.37. The summed E-state index contributed by atoms with van der Waals surface area (Å²) in [7, 11) is 0. The lowest BCUT2D eigenvalue weighted by atomic mass is 9.97. The molecule has 0 aliphatic carbocycles. The van der Waals surface area contributed by atoms with Crippen molar-refractivity contribution in [3.8, 4) is 0 Å². The molecule has 0 saturated heterocycles. The Morgan fingerprint density at radius 3 is 1.95 bits per heavy atom. The summed E-state index contributed by atoms with van der Waals surface area (Å²) in [5.41, 5.74) is 1.59. The van der Waals surface area contributed by atoms with Crippen LogP contribution in [-0.2, 0) is 30.3 Å². The summed E-state index contributed by atoms with van der Waals surface area (Å²) in [6.45, 7) is 15.1. The number of aliphatic hydroxyl groups is 1.